The minimum atomic E-state index is -0.449. The summed E-state index contributed by atoms with van der Waals surface area (Å²) in [6.45, 7) is 2.20. The Morgan fingerprint density at radius 1 is 0.947 bits per heavy atom. The summed E-state index contributed by atoms with van der Waals surface area (Å²) in [7, 11) is 0. The molecule has 8 nitrogen and oxygen atoms in total. The maximum Gasteiger partial charge on any atom is 0.164 e. The van der Waals surface area contributed by atoms with E-state index >= 15 is 0 Å². The molecule has 38 heavy (non-hydrogen) atoms. The average molecular weight is 511 g/mol. The Hall–Kier alpha value is -4.53. The van der Waals surface area contributed by atoms with Gasteiger partial charge in [-0.05, 0) is 50.1 Å². The van der Waals surface area contributed by atoms with E-state index in [1.54, 1.807) is 12.3 Å². The molecule has 0 bridgehead atoms. The molecule has 0 aliphatic heterocycles. The standard InChI is InChI=1S/C29H27FN6O2/c1-18-6-7-19(15-32-18)16-37-24-12-21(30)13-25(14-24)38-23-10-8-20(9-11-23)27-26-28(31)33-17-34-29(26)36(35-27)22-4-2-3-5-22/h6-15,17,22H,2-5,16H2,1H3,(H2,31,33,34). The van der Waals surface area contributed by atoms with Crippen molar-refractivity contribution < 1.29 is 13.9 Å². The molecule has 6 rings (SSSR count). The van der Waals surface area contributed by atoms with Crippen molar-refractivity contribution >= 4 is 16.9 Å². The number of pyridine rings is 1. The largest absolute Gasteiger partial charge is 0.489 e. The second kappa shape index (κ2) is 10.1. The zero-order valence-electron chi connectivity index (χ0n) is 21.0. The molecule has 1 aliphatic carbocycles. The van der Waals surface area contributed by atoms with Crippen LogP contribution in [0.3, 0.4) is 0 Å². The first-order valence-corrected chi connectivity index (χ1v) is 12.7. The first kappa shape index (κ1) is 23.8. The maximum atomic E-state index is 14.3. The Labute approximate surface area is 219 Å². The number of ether oxygens (including phenoxy) is 2. The van der Waals surface area contributed by atoms with Gasteiger partial charge in [0.25, 0.3) is 0 Å². The Kier molecular flexibility index (Phi) is 6.33. The molecule has 0 saturated heterocycles. The van der Waals surface area contributed by atoms with Crippen molar-refractivity contribution in [3.63, 3.8) is 0 Å². The van der Waals surface area contributed by atoms with Crippen LogP contribution in [-0.4, -0.2) is 24.7 Å². The van der Waals surface area contributed by atoms with E-state index in [1.807, 2.05) is 48.0 Å². The van der Waals surface area contributed by atoms with Crippen LogP contribution in [0.25, 0.3) is 22.3 Å². The molecule has 2 aromatic carbocycles. The quantitative estimate of drug-likeness (QED) is 0.270. The maximum absolute atomic E-state index is 14.3. The van der Waals surface area contributed by atoms with Gasteiger partial charge < -0.3 is 15.2 Å². The zero-order chi connectivity index (χ0) is 26.1. The van der Waals surface area contributed by atoms with Crippen LogP contribution in [0.4, 0.5) is 10.2 Å². The number of nitrogen functional groups attached to an aromatic ring is 1. The van der Waals surface area contributed by atoms with E-state index in [1.165, 1.54) is 31.3 Å². The minimum Gasteiger partial charge on any atom is -0.489 e. The van der Waals surface area contributed by atoms with Crippen LogP contribution in [0.2, 0.25) is 0 Å². The summed E-state index contributed by atoms with van der Waals surface area (Å²) >= 11 is 0. The number of aryl methyl sites for hydroxylation is 1. The second-order valence-electron chi connectivity index (χ2n) is 9.53. The molecule has 1 aliphatic rings. The molecule has 2 N–H and O–H groups in total. The van der Waals surface area contributed by atoms with E-state index in [-0.39, 0.29) is 6.61 Å². The number of hydrogen-bond donors (Lipinski definition) is 1. The van der Waals surface area contributed by atoms with Gasteiger partial charge in [0.2, 0.25) is 0 Å². The Bertz CT molecular complexity index is 1580. The van der Waals surface area contributed by atoms with Gasteiger partial charge >= 0.3 is 0 Å². The van der Waals surface area contributed by atoms with Crippen molar-refractivity contribution in [1.82, 2.24) is 24.7 Å². The highest BCUT2D eigenvalue weighted by Crippen LogP contribution is 2.37. The van der Waals surface area contributed by atoms with Crippen LogP contribution in [0.15, 0.2) is 67.1 Å². The predicted molar refractivity (Wildman–Crippen MR) is 142 cm³/mol. The third-order valence-corrected chi connectivity index (χ3v) is 6.78. The number of benzene rings is 2. The van der Waals surface area contributed by atoms with Crippen LogP contribution < -0.4 is 15.2 Å². The minimum absolute atomic E-state index is 0.277. The predicted octanol–water partition coefficient (Wildman–Crippen LogP) is 6.40. The van der Waals surface area contributed by atoms with Gasteiger partial charge in [-0.15, -0.1) is 0 Å². The van der Waals surface area contributed by atoms with Crippen LogP contribution in [0.5, 0.6) is 17.2 Å². The monoisotopic (exact) mass is 510 g/mol. The highest BCUT2D eigenvalue weighted by Gasteiger charge is 2.24. The van der Waals surface area contributed by atoms with Crippen molar-refractivity contribution in [3.8, 4) is 28.5 Å². The lowest BCUT2D eigenvalue weighted by atomic mass is 10.1. The SMILES string of the molecule is Cc1ccc(COc2cc(F)cc(Oc3ccc(-c4nn(C5CCCC5)c5ncnc(N)c45)cc3)c2)cn1. The van der Waals surface area contributed by atoms with Gasteiger partial charge in [-0.3, -0.25) is 4.98 Å². The molecule has 3 aromatic heterocycles. The smallest absolute Gasteiger partial charge is 0.164 e. The van der Waals surface area contributed by atoms with Crippen molar-refractivity contribution in [2.45, 2.75) is 45.3 Å². The van der Waals surface area contributed by atoms with Gasteiger partial charge in [-0.25, -0.2) is 19.0 Å². The first-order valence-electron chi connectivity index (χ1n) is 12.7. The average Bonchev–Trinajstić information content (AvgIpc) is 3.58. The summed E-state index contributed by atoms with van der Waals surface area (Å²) in [6, 6.07) is 15.9. The highest BCUT2D eigenvalue weighted by molar-refractivity contribution is 5.98. The van der Waals surface area contributed by atoms with Gasteiger partial charge in [-0.1, -0.05) is 18.9 Å². The lowest BCUT2D eigenvalue weighted by molar-refractivity contribution is 0.302. The number of halogens is 1. The van der Waals surface area contributed by atoms with Gasteiger partial charge in [0, 0.05) is 41.2 Å². The molecule has 5 aromatic rings. The van der Waals surface area contributed by atoms with E-state index in [4.69, 9.17) is 20.3 Å². The first-order chi connectivity index (χ1) is 18.5. The van der Waals surface area contributed by atoms with Crippen LogP contribution in [0, 0.1) is 12.7 Å². The molecular formula is C29H27FN6O2. The molecule has 1 fully saturated rings. The number of aromatic nitrogens is 5. The second-order valence-corrected chi connectivity index (χ2v) is 9.53. The molecule has 192 valence electrons. The summed E-state index contributed by atoms with van der Waals surface area (Å²) in [5.41, 5.74) is 10.4. The summed E-state index contributed by atoms with van der Waals surface area (Å²) in [6.07, 6.45) is 7.75. The number of hydrogen-bond acceptors (Lipinski definition) is 7. The number of anilines is 1. The molecule has 0 amide bonds. The van der Waals surface area contributed by atoms with E-state index in [2.05, 4.69) is 15.0 Å². The Balaban J connectivity index is 1.22. The van der Waals surface area contributed by atoms with E-state index in [9.17, 15) is 4.39 Å². The van der Waals surface area contributed by atoms with Crippen LogP contribution >= 0.6 is 0 Å². The van der Waals surface area contributed by atoms with Crippen molar-refractivity contribution in [2.24, 2.45) is 0 Å². The molecule has 3 heterocycles. The van der Waals surface area contributed by atoms with Crippen molar-refractivity contribution in [1.29, 1.82) is 0 Å². The van der Waals surface area contributed by atoms with Crippen molar-refractivity contribution in [2.75, 3.05) is 5.73 Å². The fourth-order valence-electron chi connectivity index (χ4n) is 4.85. The highest BCUT2D eigenvalue weighted by atomic mass is 19.1. The molecule has 0 radical (unpaired) electrons. The number of nitrogens with zero attached hydrogens (tertiary/aromatic N) is 5. The van der Waals surface area contributed by atoms with Gasteiger partial charge in [0.1, 0.15) is 47.5 Å². The van der Waals surface area contributed by atoms with Crippen LogP contribution in [0.1, 0.15) is 43.0 Å². The molecule has 0 spiro atoms. The summed E-state index contributed by atoms with van der Waals surface area (Å²) in [5.74, 6) is 1.22. The number of nitrogens with two attached hydrogens (primary N) is 1. The lowest BCUT2D eigenvalue weighted by Crippen LogP contribution is -2.07. The summed E-state index contributed by atoms with van der Waals surface area (Å²) in [5, 5.41) is 5.67. The molecular weight excluding hydrogens is 483 g/mol. The van der Waals surface area contributed by atoms with E-state index in [0.717, 1.165) is 46.4 Å². The summed E-state index contributed by atoms with van der Waals surface area (Å²) in [4.78, 5) is 12.9. The molecule has 0 unspecified atom stereocenters. The third-order valence-electron chi connectivity index (χ3n) is 6.78. The molecule has 9 heteroatoms. The Morgan fingerprint density at radius 2 is 1.74 bits per heavy atom. The fraction of sp³-hybridized carbons (Fsp3) is 0.241. The topological polar surface area (TPSA) is 101 Å². The molecule has 1 saturated carbocycles. The lowest BCUT2D eigenvalue weighted by Gasteiger charge is -2.11. The van der Waals surface area contributed by atoms with Gasteiger partial charge in [-0.2, -0.15) is 5.10 Å². The molecule has 0 atom stereocenters. The van der Waals surface area contributed by atoms with Gasteiger partial charge in [0.05, 0.1) is 11.4 Å². The number of fused-ring (bicyclic) bond motifs is 1. The fourth-order valence-corrected chi connectivity index (χ4v) is 4.85. The summed E-state index contributed by atoms with van der Waals surface area (Å²) < 4.78 is 28.0. The third kappa shape index (κ3) is 4.87. The van der Waals surface area contributed by atoms with Gasteiger partial charge in [0.15, 0.2) is 5.65 Å². The van der Waals surface area contributed by atoms with E-state index < -0.39 is 5.82 Å². The number of rotatable bonds is 7. The normalized spacial score (nSPS) is 13.7. The zero-order valence-corrected chi connectivity index (χ0v) is 21.0. The van der Waals surface area contributed by atoms with E-state index in [0.29, 0.717) is 29.1 Å². The van der Waals surface area contributed by atoms with Crippen LogP contribution in [-0.2, 0) is 6.61 Å². The Morgan fingerprint density at radius 3 is 2.50 bits per heavy atom. The van der Waals surface area contributed by atoms with Crippen molar-refractivity contribution in [3.05, 3.63) is 84.2 Å².